The highest BCUT2D eigenvalue weighted by Crippen LogP contribution is 2.36. The fourth-order valence-corrected chi connectivity index (χ4v) is 4.68. The van der Waals surface area contributed by atoms with E-state index < -0.39 is 21.9 Å². The Morgan fingerprint density at radius 2 is 1.96 bits per heavy atom. The maximum absolute atomic E-state index is 12.9. The van der Waals surface area contributed by atoms with E-state index in [9.17, 15) is 17.1 Å². The van der Waals surface area contributed by atoms with Gasteiger partial charge in [0.25, 0.3) is 0 Å². The molecule has 4 nitrogen and oxygen atoms in total. The quantitative estimate of drug-likeness (QED) is 0.777. The molecule has 2 unspecified atom stereocenters. The Bertz CT molecular complexity index is 775. The second kappa shape index (κ2) is 6.41. The standard InChI is InChI=1S/C16H16FNO3S2/c17-23(20,21)11-12-9-15(19)18(10-12)16(14-7-4-8-22-14)13-5-2-1-3-6-13/h1-8,12,16H,9-11H2. The van der Waals surface area contributed by atoms with Gasteiger partial charge in [-0.2, -0.15) is 8.42 Å². The van der Waals surface area contributed by atoms with Gasteiger partial charge in [-0.1, -0.05) is 36.4 Å². The number of halogens is 1. The van der Waals surface area contributed by atoms with Gasteiger partial charge >= 0.3 is 10.2 Å². The van der Waals surface area contributed by atoms with Crippen LogP contribution < -0.4 is 0 Å². The average Bonchev–Trinajstić information content (AvgIpc) is 3.10. The van der Waals surface area contributed by atoms with Gasteiger partial charge in [-0.15, -0.1) is 15.2 Å². The molecular formula is C16H16FNO3S2. The summed E-state index contributed by atoms with van der Waals surface area (Å²) in [4.78, 5) is 15.1. The average molecular weight is 353 g/mol. The second-order valence-corrected chi connectivity index (χ2v) is 8.04. The van der Waals surface area contributed by atoms with E-state index in [1.165, 1.54) is 0 Å². The van der Waals surface area contributed by atoms with Gasteiger partial charge < -0.3 is 4.90 Å². The van der Waals surface area contributed by atoms with Gasteiger partial charge in [-0.05, 0) is 17.0 Å². The van der Waals surface area contributed by atoms with Crippen LogP contribution in [0.1, 0.15) is 22.9 Å². The lowest BCUT2D eigenvalue weighted by Crippen LogP contribution is -2.31. The first kappa shape index (κ1) is 16.1. The van der Waals surface area contributed by atoms with Crippen molar-refractivity contribution in [3.8, 4) is 0 Å². The summed E-state index contributed by atoms with van der Waals surface area (Å²) in [6.07, 6.45) is 0.0673. The Balaban J connectivity index is 1.90. The molecule has 7 heteroatoms. The highest BCUT2D eigenvalue weighted by Gasteiger charge is 2.38. The van der Waals surface area contributed by atoms with Crippen LogP contribution in [-0.4, -0.2) is 31.5 Å². The summed E-state index contributed by atoms with van der Waals surface area (Å²) in [7, 11) is -4.57. The van der Waals surface area contributed by atoms with Crippen LogP contribution in [-0.2, 0) is 15.0 Å². The number of amides is 1. The normalized spacial score (nSPS) is 20.0. The van der Waals surface area contributed by atoms with Crippen molar-refractivity contribution in [1.82, 2.24) is 4.90 Å². The number of benzene rings is 1. The highest BCUT2D eigenvalue weighted by atomic mass is 32.3. The van der Waals surface area contributed by atoms with Crippen LogP contribution in [0, 0.1) is 5.92 Å². The van der Waals surface area contributed by atoms with Crippen LogP contribution in [0.2, 0.25) is 0 Å². The molecule has 0 aliphatic carbocycles. The summed E-state index contributed by atoms with van der Waals surface area (Å²) in [5.74, 6) is -1.23. The zero-order valence-corrected chi connectivity index (χ0v) is 13.9. The topological polar surface area (TPSA) is 54.5 Å². The van der Waals surface area contributed by atoms with Gasteiger partial charge in [0, 0.05) is 23.8 Å². The predicted molar refractivity (Wildman–Crippen MR) is 87.3 cm³/mol. The molecule has 0 spiro atoms. The molecule has 23 heavy (non-hydrogen) atoms. The first-order valence-corrected chi connectivity index (χ1v) is 9.67. The largest absolute Gasteiger partial charge is 0.330 e. The fourth-order valence-electron chi connectivity index (χ4n) is 3.03. The summed E-state index contributed by atoms with van der Waals surface area (Å²) in [5, 5.41) is 1.94. The van der Waals surface area contributed by atoms with Gasteiger partial charge in [-0.25, -0.2) is 0 Å². The summed E-state index contributed by atoms with van der Waals surface area (Å²) < 4.78 is 34.7. The molecule has 122 valence electrons. The number of hydrogen-bond acceptors (Lipinski definition) is 4. The van der Waals surface area contributed by atoms with Gasteiger partial charge in [0.2, 0.25) is 5.91 Å². The molecule has 1 aromatic carbocycles. The zero-order valence-electron chi connectivity index (χ0n) is 12.3. The lowest BCUT2D eigenvalue weighted by atomic mass is 10.0. The zero-order chi connectivity index (χ0) is 16.4. The third-order valence-corrected chi connectivity index (χ3v) is 5.71. The van der Waals surface area contributed by atoms with E-state index in [2.05, 4.69) is 0 Å². The van der Waals surface area contributed by atoms with Crippen molar-refractivity contribution in [3.63, 3.8) is 0 Å². The molecule has 2 atom stereocenters. The predicted octanol–water partition coefficient (Wildman–Crippen LogP) is 2.99. The van der Waals surface area contributed by atoms with E-state index in [0.717, 1.165) is 10.4 Å². The lowest BCUT2D eigenvalue weighted by molar-refractivity contribution is -0.129. The lowest BCUT2D eigenvalue weighted by Gasteiger charge is -2.28. The summed E-state index contributed by atoms with van der Waals surface area (Å²) >= 11 is 1.54. The van der Waals surface area contributed by atoms with Crippen LogP contribution in [0.4, 0.5) is 3.89 Å². The molecule has 1 fully saturated rings. The SMILES string of the molecule is O=C1CC(CS(=O)(=O)F)CN1C(c1ccccc1)c1cccs1. The number of carbonyl (C=O) groups excluding carboxylic acids is 1. The van der Waals surface area contributed by atoms with Crippen molar-refractivity contribution < 1.29 is 17.1 Å². The number of likely N-dealkylation sites (tertiary alicyclic amines) is 1. The summed E-state index contributed by atoms with van der Waals surface area (Å²) in [5.41, 5.74) is 0.965. The van der Waals surface area contributed by atoms with E-state index >= 15 is 0 Å². The van der Waals surface area contributed by atoms with Gasteiger partial charge in [-0.3, -0.25) is 4.79 Å². The van der Waals surface area contributed by atoms with E-state index in [0.29, 0.717) is 0 Å². The Hall–Kier alpha value is -1.73. The third-order valence-electron chi connectivity index (χ3n) is 3.91. The van der Waals surface area contributed by atoms with E-state index in [4.69, 9.17) is 0 Å². The smallest absolute Gasteiger partial charge is 0.302 e. The van der Waals surface area contributed by atoms with Crippen LogP contribution in [0.15, 0.2) is 47.8 Å². The van der Waals surface area contributed by atoms with Crippen LogP contribution in [0.5, 0.6) is 0 Å². The van der Waals surface area contributed by atoms with E-state index in [1.54, 1.807) is 16.2 Å². The number of carbonyl (C=O) groups is 1. The van der Waals surface area contributed by atoms with E-state index in [-0.39, 0.29) is 24.9 Å². The molecule has 3 rings (SSSR count). The molecule has 1 aliphatic rings. The monoisotopic (exact) mass is 353 g/mol. The Labute approximate surface area is 138 Å². The van der Waals surface area contributed by atoms with Gasteiger partial charge in [0.05, 0.1) is 11.8 Å². The minimum absolute atomic E-state index is 0.0673. The molecule has 0 saturated carbocycles. The van der Waals surface area contributed by atoms with Gasteiger partial charge in [0.1, 0.15) is 0 Å². The number of hydrogen-bond donors (Lipinski definition) is 0. The molecule has 1 aromatic heterocycles. The Morgan fingerprint density at radius 1 is 1.22 bits per heavy atom. The summed E-state index contributed by atoms with van der Waals surface area (Å²) in [6.45, 7) is 0.249. The maximum Gasteiger partial charge on any atom is 0.302 e. The number of rotatable bonds is 5. The van der Waals surface area contributed by atoms with Gasteiger partial charge in [0.15, 0.2) is 0 Å². The van der Waals surface area contributed by atoms with Crippen molar-refractivity contribution in [2.24, 2.45) is 5.92 Å². The Kier molecular flexibility index (Phi) is 4.50. The first-order chi connectivity index (χ1) is 10.9. The third kappa shape index (κ3) is 3.79. The van der Waals surface area contributed by atoms with Crippen LogP contribution in [0.25, 0.3) is 0 Å². The van der Waals surface area contributed by atoms with Crippen molar-refractivity contribution >= 4 is 27.5 Å². The highest BCUT2D eigenvalue weighted by molar-refractivity contribution is 7.86. The van der Waals surface area contributed by atoms with Crippen molar-refractivity contribution in [3.05, 3.63) is 58.3 Å². The summed E-state index contributed by atoms with van der Waals surface area (Å²) in [6, 6.07) is 13.2. The molecule has 1 amide bonds. The molecule has 2 aromatic rings. The molecule has 1 saturated heterocycles. The first-order valence-electron chi connectivity index (χ1n) is 7.24. The number of nitrogens with zero attached hydrogens (tertiary/aromatic N) is 1. The van der Waals surface area contributed by atoms with Crippen molar-refractivity contribution in [2.45, 2.75) is 12.5 Å². The molecule has 0 radical (unpaired) electrons. The minimum Gasteiger partial charge on any atom is -0.330 e. The molecule has 0 bridgehead atoms. The van der Waals surface area contributed by atoms with E-state index in [1.807, 2.05) is 47.8 Å². The molecule has 2 heterocycles. The Morgan fingerprint density at radius 3 is 2.57 bits per heavy atom. The second-order valence-electron chi connectivity index (χ2n) is 5.65. The minimum atomic E-state index is -4.57. The molecular weight excluding hydrogens is 337 g/mol. The van der Waals surface area contributed by atoms with Crippen molar-refractivity contribution in [1.29, 1.82) is 0 Å². The van der Waals surface area contributed by atoms with Crippen molar-refractivity contribution in [2.75, 3.05) is 12.3 Å². The van der Waals surface area contributed by atoms with Crippen LogP contribution in [0.3, 0.4) is 0 Å². The maximum atomic E-state index is 12.9. The van der Waals surface area contributed by atoms with Crippen LogP contribution >= 0.6 is 11.3 Å². The molecule has 1 aliphatic heterocycles. The molecule has 0 N–H and O–H groups in total. The number of thiophene rings is 1. The fraction of sp³-hybridized carbons (Fsp3) is 0.312.